The van der Waals surface area contributed by atoms with E-state index in [1.165, 1.54) is 7.11 Å². The van der Waals surface area contributed by atoms with E-state index < -0.39 is 24.0 Å². The molecule has 5 nitrogen and oxygen atoms in total. The monoisotopic (exact) mass is 313 g/mol. The van der Waals surface area contributed by atoms with E-state index in [4.69, 9.17) is 4.74 Å². The molecular weight excluding hydrogens is 294 g/mol. The maximum Gasteiger partial charge on any atom is 0.328 e. The Morgan fingerprint density at radius 1 is 1.04 bits per heavy atom. The number of benzene rings is 2. The molecule has 0 spiro atoms. The van der Waals surface area contributed by atoms with Gasteiger partial charge >= 0.3 is 5.97 Å². The van der Waals surface area contributed by atoms with E-state index >= 15 is 0 Å². The standard InChI is InChI=1S/C18H19NO4/c1-23-18(22)15(12-13-8-4-2-5-9-13)19-17(21)16(20)14-10-6-3-7-11-14/h2-11,15-16,20H,12H2,1H3,(H,19,21)/t15-,16-/m0/s1. The summed E-state index contributed by atoms with van der Waals surface area (Å²) in [4.78, 5) is 24.1. The van der Waals surface area contributed by atoms with Gasteiger partial charge in [-0.15, -0.1) is 0 Å². The molecule has 1 amide bonds. The fourth-order valence-electron chi connectivity index (χ4n) is 2.22. The molecule has 120 valence electrons. The molecule has 0 saturated carbocycles. The van der Waals surface area contributed by atoms with Crippen LogP contribution in [0.15, 0.2) is 60.7 Å². The first-order chi connectivity index (χ1) is 11.1. The van der Waals surface area contributed by atoms with Crippen LogP contribution in [0.5, 0.6) is 0 Å². The van der Waals surface area contributed by atoms with Crippen molar-refractivity contribution in [2.24, 2.45) is 0 Å². The molecule has 2 rings (SSSR count). The van der Waals surface area contributed by atoms with Crippen molar-refractivity contribution >= 4 is 11.9 Å². The molecule has 2 N–H and O–H groups in total. The molecule has 0 aliphatic carbocycles. The lowest BCUT2D eigenvalue weighted by Crippen LogP contribution is -2.45. The lowest BCUT2D eigenvalue weighted by molar-refractivity contribution is -0.146. The van der Waals surface area contributed by atoms with Crippen molar-refractivity contribution < 1.29 is 19.4 Å². The zero-order chi connectivity index (χ0) is 16.7. The molecular formula is C18H19NO4. The van der Waals surface area contributed by atoms with Gasteiger partial charge in [0.05, 0.1) is 7.11 Å². The molecule has 0 heterocycles. The van der Waals surface area contributed by atoms with Gasteiger partial charge in [-0.05, 0) is 11.1 Å². The largest absolute Gasteiger partial charge is 0.467 e. The molecule has 2 aromatic carbocycles. The van der Waals surface area contributed by atoms with Crippen LogP contribution in [0.2, 0.25) is 0 Å². The van der Waals surface area contributed by atoms with Gasteiger partial charge in [0.1, 0.15) is 6.04 Å². The van der Waals surface area contributed by atoms with E-state index in [9.17, 15) is 14.7 Å². The highest BCUT2D eigenvalue weighted by atomic mass is 16.5. The number of carbonyl (C=O) groups excluding carboxylic acids is 2. The number of amides is 1. The van der Waals surface area contributed by atoms with Crippen molar-refractivity contribution in [1.29, 1.82) is 0 Å². The Balaban J connectivity index is 2.08. The second-order valence-corrected chi connectivity index (χ2v) is 5.09. The Morgan fingerprint density at radius 2 is 1.61 bits per heavy atom. The third kappa shape index (κ3) is 4.66. The fraction of sp³-hybridized carbons (Fsp3) is 0.222. The number of aliphatic hydroxyl groups is 1. The van der Waals surface area contributed by atoms with Crippen LogP contribution in [0.25, 0.3) is 0 Å². The van der Waals surface area contributed by atoms with Crippen LogP contribution >= 0.6 is 0 Å². The molecule has 0 unspecified atom stereocenters. The van der Waals surface area contributed by atoms with Crippen LogP contribution < -0.4 is 5.32 Å². The minimum absolute atomic E-state index is 0.292. The molecule has 0 fully saturated rings. The normalized spacial score (nSPS) is 13.0. The molecule has 0 bridgehead atoms. The van der Waals surface area contributed by atoms with Crippen molar-refractivity contribution in [2.75, 3.05) is 7.11 Å². The lowest BCUT2D eigenvalue weighted by Gasteiger charge is -2.19. The molecule has 23 heavy (non-hydrogen) atoms. The van der Waals surface area contributed by atoms with Crippen LogP contribution in [-0.4, -0.2) is 30.1 Å². The van der Waals surface area contributed by atoms with E-state index in [1.54, 1.807) is 30.3 Å². The van der Waals surface area contributed by atoms with Crippen molar-refractivity contribution in [3.05, 3.63) is 71.8 Å². The van der Waals surface area contributed by atoms with E-state index in [1.807, 2.05) is 30.3 Å². The number of ether oxygens (including phenoxy) is 1. The zero-order valence-corrected chi connectivity index (χ0v) is 12.8. The predicted molar refractivity (Wildman–Crippen MR) is 85.5 cm³/mol. The number of esters is 1. The van der Waals surface area contributed by atoms with Gasteiger partial charge in [-0.3, -0.25) is 4.79 Å². The van der Waals surface area contributed by atoms with Crippen LogP contribution in [0, 0.1) is 0 Å². The second-order valence-electron chi connectivity index (χ2n) is 5.09. The second kappa shape index (κ2) is 8.10. The van der Waals surface area contributed by atoms with Gasteiger partial charge in [0.15, 0.2) is 6.10 Å². The van der Waals surface area contributed by atoms with Gasteiger partial charge in [-0.1, -0.05) is 60.7 Å². The topological polar surface area (TPSA) is 75.6 Å². The number of hydrogen-bond acceptors (Lipinski definition) is 4. The molecule has 0 radical (unpaired) electrons. The summed E-state index contributed by atoms with van der Waals surface area (Å²) in [5, 5.41) is 12.6. The van der Waals surface area contributed by atoms with Crippen LogP contribution in [0.4, 0.5) is 0 Å². The van der Waals surface area contributed by atoms with E-state index in [-0.39, 0.29) is 0 Å². The SMILES string of the molecule is COC(=O)[C@H](Cc1ccccc1)NC(=O)[C@@H](O)c1ccccc1. The Labute approximate surface area is 134 Å². The average Bonchev–Trinajstić information content (AvgIpc) is 2.61. The predicted octanol–water partition coefficient (Wildman–Crippen LogP) is 1.62. The fourth-order valence-corrected chi connectivity index (χ4v) is 2.22. The van der Waals surface area contributed by atoms with Crippen LogP contribution in [-0.2, 0) is 20.7 Å². The van der Waals surface area contributed by atoms with E-state index in [0.29, 0.717) is 12.0 Å². The summed E-state index contributed by atoms with van der Waals surface area (Å²) < 4.78 is 4.74. The zero-order valence-electron chi connectivity index (χ0n) is 12.8. The Hall–Kier alpha value is -2.66. The average molecular weight is 313 g/mol. The number of rotatable bonds is 6. The number of aliphatic hydroxyl groups excluding tert-OH is 1. The number of nitrogens with one attached hydrogen (secondary N) is 1. The Bertz CT molecular complexity index is 643. The maximum absolute atomic E-state index is 12.2. The summed E-state index contributed by atoms with van der Waals surface area (Å²) >= 11 is 0. The summed E-state index contributed by atoms with van der Waals surface area (Å²) in [5.74, 6) is -1.19. The molecule has 0 aliphatic rings. The lowest BCUT2D eigenvalue weighted by atomic mass is 10.0. The van der Waals surface area contributed by atoms with Crippen molar-refractivity contribution in [2.45, 2.75) is 18.6 Å². The van der Waals surface area contributed by atoms with Gasteiger partial charge in [0.2, 0.25) is 0 Å². The van der Waals surface area contributed by atoms with Crippen molar-refractivity contribution in [3.8, 4) is 0 Å². The first-order valence-electron chi connectivity index (χ1n) is 7.27. The summed E-state index contributed by atoms with van der Waals surface area (Å²) in [6, 6.07) is 17.0. The Kier molecular flexibility index (Phi) is 5.88. The van der Waals surface area contributed by atoms with Crippen molar-refractivity contribution in [3.63, 3.8) is 0 Å². The molecule has 2 aromatic rings. The molecule has 0 aliphatic heterocycles. The first kappa shape index (κ1) is 16.7. The summed E-state index contributed by atoms with van der Waals surface area (Å²) in [6.07, 6.45) is -1.04. The van der Waals surface area contributed by atoms with E-state index in [2.05, 4.69) is 5.32 Å². The van der Waals surface area contributed by atoms with Gasteiger partial charge in [-0.25, -0.2) is 4.79 Å². The molecule has 0 saturated heterocycles. The molecule has 5 heteroatoms. The highest BCUT2D eigenvalue weighted by Gasteiger charge is 2.26. The van der Waals surface area contributed by atoms with Gasteiger partial charge < -0.3 is 15.2 Å². The highest BCUT2D eigenvalue weighted by molar-refractivity contribution is 5.87. The summed E-state index contributed by atoms with van der Waals surface area (Å²) in [7, 11) is 1.26. The van der Waals surface area contributed by atoms with Crippen LogP contribution in [0.3, 0.4) is 0 Å². The van der Waals surface area contributed by atoms with E-state index in [0.717, 1.165) is 5.56 Å². The number of carbonyl (C=O) groups is 2. The quantitative estimate of drug-likeness (QED) is 0.795. The third-order valence-electron chi connectivity index (χ3n) is 3.45. The Morgan fingerprint density at radius 3 is 2.17 bits per heavy atom. The summed E-state index contributed by atoms with van der Waals surface area (Å²) in [5.41, 5.74) is 1.35. The highest BCUT2D eigenvalue weighted by Crippen LogP contribution is 2.13. The number of methoxy groups -OCH3 is 1. The van der Waals surface area contributed by atoms with Crippen molar-refractivity contribution in [1.82, 2.24) is 5.32 Å². The van der Waals surface area contributed by atoms with Gasteiger partial charge in [0.25, 0.3) is 5.91 Å². The maximum atomic E-state index is 12.2. The summed E-state index contributed by atoms with van der Waals surface area (Å²) in [6.45, 7) is 0. The minimum Gasteiger partial charge on any atom is -0.467 e. The van der Waals surface area contributed by atoms with Gasteiger partial charge in [-0.2, -0.15) is 0 Å². The third-order valence-corrected chi connectivity index (χ3v) is 3.45. The molecule has 2 atom stereocenters. The van der Waals surface area contributed by atoms with Crippen LogP contribution in [0.1, 0.15) is 17.2 Å². The van der Waals surface area contributed by atoms with Gasteiger partial charge in [0, 0.05) is 6.42 Å². The first-order valence-corrected chi connectivity index (χ1v) is 7.27. The molecule has 0 aromatic heterocycles. The minimum atomic E-state index is -1.33. The number of hydrogen-bond donors (Lipinski definition) is 2. The smallest absolute Gasteiger partial charge is 0.328 e.